The number of hydrogen-bond donors (Lipinski definition) is 2. The molecule has 1 heterocycles. The average Bonchev–Trinajstić information content (AvgIpc) is 3.34. The van der Waals surface area contributed by atoms with Gasteiger partial charge in [0.25, 0.3) is 0 Å². The lowest BCUT2D eigenvalue weighted by Gasteiger charge is -2.71. The SMILES string of the molecule is CC(C)C1=C2C3CCC4[C@@]5(C)CC=C(C6=CCC(C(=O)O)CC6)C(C)(C)C5CC[C@@]4(C)[C@]3(C)CC[C@@]2(NCCN2CCS(=O)(=O)CC2)CC1=O. The molecule has 7 nitrogen and oxygen atoms in total. The molecule has 0 aromatic heterocycles. The van der Waals surface area contributed by atoms with Gasteiger partial charge in [0, 0.05) is 38.1 Å². The molecule has 1 saturated heterocycles. The van der Waals surface area contributed by atoms with E-state index in [1.807, 2.05) is 0 Å². The van der Waals surface area contributed by atoms with Crippen molar-refractivity contribution in [2.24, 2.45) is 51.2 Å². The van der Waals surface area contributed by atoms with E-state index in [0.717, 1.165) is 57.2 Å². The summed E-state index contributed by atoms with van der Waals surface area (Å²) in [5.74, 6) is 1.73. The highest BCUT2D eigenvalue weighted by Crippen LogP contribution is 2.76. The molecule has 4 fully saturated rings. The summed E-state index contributed by atoms with van der Waals surface area (Å²) in [4.78, 5) is 27.9. The van der Waals surface area contributed by atoms with Crippen LogP contribution in [0.4, 0.5) is 0 Å². The molecule has 50 heavy (non-hydrogen) atoms. The number of carboxylic acid groups (broad SMARTS) is 1. The molecule has 7 rings (SSSR count). The number of carbonyl (C=O) groups excluding carboxylic acids is 1. The van der Waals surface area contributed by atoms with Gasteiger partial charge < -0.3 is 15.3 Å². The second-order valence-electron chi connectivity index (χ2n) is 19.3. The molecule has 8 heteroatoms. The number of ketones is 1. The lowest BCUT2D eigenvalue weighted by molar-refractivity contribution is -0.196. The Labute approximate surface area is 302 Å². The summed E-state index contributed by atoms with van der Waals surface area (Å²) in [6.45, 7) is 20.1. The third kappa shape index (κ3) is 5.49. The number of nitrogens with zero attached hydrogens (tertiary/aromatic N) is 1. The Hall–Kier alpha value is -1.77. The summed E-state index contributed by atoms with van der Waals surface area (Å²) in [5, 5.41) is 13.6. The molecular weight excluding hydrogens is 645 g/mol. The van der Waals surface area contributed by atoms with Crippen molar-refractivity contribution in [2.45, 2.75) is 125 Å². The molecule has 0 radical (unpaired) electrons. The number of sulfone groups is 1. The van der Waals surface area contributed by atoms with E-state index in [4.69, 9.17) is 0 Å². The minimum atomic E-state index is -2.91. The van der Waals surface area contributed by atoms with E-state index >= 15 is 0 Å². The molecule has 278 valence electrons. The molecule has 0 aromatic rings. The number of nitrogens with one attached hydrogen (secondary N) is 1. The number of carbonyl (C=O) groups is 2. The maximum Gasteiger partial charge on any atom is 0.306 e. The number of Topliss-reactive ketones (excluding diaryl/α,β-unsaturated/α-hetero) is 1. The minimum absolute atomic E-state index is 0.0450. The fraction of sp³-hybridized carbons (Fsp3) is 0.810. The van der Waals surface area contributed by atoms with Gasteiger partial charge in [-0.1, -0.05) is 60.6 Å². The van der Waals surface area contributed by atoms with Crippen LogP contribution in [0.1, 0.15) is 119 Å². The first-order chi connectivity index (χ1) is 23.4. The first-order valence-corrected chi connectivity index (χ1v) is 21.8. The first-order valence-electron chi connectivity index (χ1n) is 20.0. The Bertz CT molecular complexity index is 1630. The van der Waals surface area contributed by atoms with E-state index in [1.54, 1.807) is 0 Å². The smallest absolute Gasteiger partial charge is 0.306 e. The van der Waals surface area contributed by atoms with E-state index in [-0.39, 0.29) is 50.5 Å². The maximum atomic E-state index is 14.0. The fourth-order valence-corrected chi connectivity index (χ4v) is 15.0. The number of allylic oxidation sites excluding steroid dienone is 5. The monoisotopic (exact) mass is 708 g/mol. The van der Waals surface area contributed by atoms with Crippen LogP contribution in [0.15, 0.2) is 34.4 Å². The Morgan fingerprint density at radius 3 is 2.32 bits per heavy atom. The topological polar surface area (TPSA) is 104 Å². The van der Waals surface area contributed by atoms with Crippen LogP contribution >= 0.6 is 0 Å². The van der Waals surface area contributed by atoms with Crippen molar-refractivity contribution >= 4 is 21.6 Å². The molecule has 8 atom stereocenters. The van der Waals surface area contributed by atoms with Gasteiger partial charge in [-0.15, -0.1) is 0 Å². The molecular formula is C42H64N2O5S. The second kappa shape index (κ2) is 12.4. The van der Waals surface area contributed by atoms with Crippen molar-refractivity contribution in [1.29, 1.82) is 0 Å². The van der Waals surface area contributed by atoms with Crippen LogP contribution < -0.4 is 5.32 Å². The lowest BCUT2D eigenvalue weighted by atomic mass is 9.33. The summed E-state index contributed by atoms with van der Waals surface area (Å²) in [6.07, 6.45) is 15.7. The van der Waals surface area contributed by atoms with Gasteiger partial charge in [0.15, 0.2) is 15.6 Å². The highest BCUT2D eigenvalue weighted by atomic mass is 32.2. The van der Waals surface area contributed by atoms with Crippen molar-refractivity contribution < 1.29 is 23.1 Å². The molecule has 1 aliphatic heterocycles. The third-order valence-corrected chi connectivity index (χ3v) is 18.1. The number of carboxylic acids is 1. The number of fused-ring (bicyclic) bond motifs is 7. The van der Waals surface area contributed by atoms with Gasteiger partial charge in [-0.2, -0.15) is 0 Å². The van der Waals surface area contributed by atoms with Gasteiger partial charge in [-0.25, -0.2) is 8.42 Å². The van der Waals surface area contributed by atoms with E-state index in [9.17, 15) is 23.1 Å². The summed E-state index contributed by atoms with van der Waals surface area (Å²) < 4.78 is 24.0. The van der Waals surface area contributed by atoms with Crippen LogP contribution in [0.3, 0.4) is 0 Å². The van der Waals surface area contributed by atoms with Crippen molar-refractivity contribution in [3.05, 3.63) is 34.4 Å². The Morgan fingerprint density at radius 1 is 0.960 bits per heavy atom. The zero-order chi connectivity index (χ0) is 36.1. The molecule has 0 amide bonds. The molecule has 0 aromatic carbocycles. The van der Waals surface area contributed by atoms with E-state index in [2.05, 4.69) is 70.8 Å². The molecule has 7 aliphatic rings. The van der Waals surface area contributed by atoms with Gasteiger partial charge in [0.05, 0.1) is 17.4 Å². The zero-order valence-corrected chi connectivity index (χ0v) is 32.8. The van der Waals surface area contributed by atoms with Crippen LogP contribution in [0, 0.1) is 51.2 Å². The zero-order valence-electron chi connectivity index (χ0n) is 32.0. The van der Waals surface area contributed by atoms with Crippen LogP contribution in [-0.4, -0.2) is 73.4 Å². The molecule has 3 saturated carbocycles. The Kier molecular flexibility index (Phi) is 9.07. The van der Waals surface area contributed by atoms with E-state index < -0.39 is 15.8 Å². The van der Waals surface area contributed by atoms with Gasteiger partial charge in [-0.05, 0) is 132 Å². The standard InChI is InChI=1S/C42H64N2O5S/c1-27(2)35-32(45)26-42(43-20-21-44-22-24-50(48,49)25-23-44)19-18-40(6)31(36(35)42)12-13-34-39(5)16-14-30(28-8-10-29(11-9-28)37(46)47)38(3,4)33(39)15-17-41(34,40)7/h8,14,27,29,31,33-34,43H,9-13,15-26H2,1-7H3,(H,46,47)/t29?,31?,33?,34?,39-,40+,41+,42+/m0/s1. The van der Waals surface area contributed by atoms with Crippen molar-refractivity contribution in [3.8, 4) is 0 Å². The lowest BCUT2D eigenvalue weighted by Crippen LogP contribution is -2.66. The number of aliphatic carboxylic acids is 1. The summed E-state index contributed by atoms with van der Waals surface area (Å²) in [5.41, 5.74) is 5.71. The van der Waals surface area contributed by atoms with Crippen molar-refractivity contribution in [1.82, 2.24) is 10.2 Å². The van der Waals surface area contributed by atoms with Gasteiger partial charge >= 0.3 is 5.97 Å². The van der Waals surface area contributed by atoms with Crippen LogP contribution in [0.5, 0.6) is 0 Å². The third-order valence-electron chi connectivity index (χ3n) is 16.4. The fourth-order valence-electron chi connectivity index (χ4n) is 13.7. The predicted octanol–water partition coefficient (Wildman–Crippen LogP) is 7.39. The predicted molar refractivity (Wildman–Crippen MR) is 199 cm³/mol. The Morgan fingerprint density at radius 2 is 1.68 bits per heavy atom. The highest BCUT2D eigenvalue weighted by molar-refractivity contribution is 7.91. The Balaban J connectivity index is 1.16. The maximum absolute atomic E-state index is 14.0. The first kappa shape index (κ1) is 36.6. The second-order valence-corrected chi connectivity index (χ2v) is 21.6. The number of rotatable bonds is 7. The van der Waals surface area contributed by atoms with Crippen molar-refractivity contribution in [3.63, 3.8) is 0 Å². The van der Waals surface area contributed by atoms with Crippen LogP contribution in [0.25, 0.3) is 0 Å². The normalized spacial score (nSPS) is 42.6. The van der Waals surface area contributed by atoms with E-state index in [0.29, 0.717) is 49.5 Å². The molecule has 0 bridgehead atoms. The molecule has 4 unspecified atom stereocenters. The summed E-state index contributed by atoms with van der Waals surface area (Å²) in [6, 6.07) is 0. The van der Waals surface area contributed by atoms with Gasteiger partial charge in [0.1, 0.15) is 0 Å². The van der Waals surface area contributed by atoms with E-state index in [1.165, 1.54) is 36.0 Å². The quantitative estimate of drug-likeness (QED) is 0.284. The highest BCUT2D eigenvalue weighted by Gasteiger charge is 2.69. The summed E-state index contributed by atoms with van der Waals surface area (Å²) in [7, 11) is -2.91. The minimum Gasteiger partial charge on any atom is -0.481 e. The summed E-state index contributed by atoms with van der Waals surface area (Å²) >= 11 is 0. The molecule has 6 aliphatic carbocycles. The van der Waals surface area contributed by atoms with Crippen molar-refractivity contribution in [2.75, 3.05) is 37.7 Å². The number of hydrogen-bond acceptors (Lipinski definition) is 6. The van der Waals surface area contributed by atoms with Crippen LogP contribution in [0.2, 0.25) is 0 Å². The van der Waals surface area contributed by atoms with Crippen LogP contribution in [-0.2, 0) is 19.4 Å². The largest absolute Gasteiger partial charge is 0.481 e. The van der Waals surface area contributed by atoms with Gasteiger partial charge in [0.2, 0.25) is 0 Å². The molecule has 0 spiro atoms. The van der Waals surface area contributed by atoms with Gasteiger partial charge in [-0.3, -0.25) is 9.59 Å². The molecule has 2 N–H and O–H groups in total. The average molecular weight is 709 g/mol.